The highest BCUT2D eigenvalue weighted by Gasteiger charge is 2.44. The molecule has 0 aromatic rings. The summed E-state index contributed by atoms with van der Waals surface area (Å²) >= 11 is 0. The van der Waals surface area contributed by atoms with Crippen LogP contribution < -0.4 is 0 Å². The number of hydrogen-bond acceptors (Lipinski definition) is 2. The molecular formula is C14H20O4. The van der Waals surface area contributed by atoms with Crippen LogP contribution in [0, 0.1) is 23.7 Å². The van der Waals surface area contributed by atoms with E-state index in [1.165, 1.54) is 0 Å². The van der Waals surface area contributed by atoms with Gasteiger partial charge in [0.15, 0.2) is 0 Å². The first kappa shape index (κ1) is 14.5. The zero-order valence-electron chi connectivity index (χ0n) is 11.2. The molecule has 18 heavy (non-hydrogen) atoms. The minimum Gasteiger partial charge on any atom is -0.481 e. The summed E-state index contributed by atoms with van der Waals surface area (Å²) < 4.78 is 0. The fourth-order valence-electron chi connectivity index (χ4n) is 2.62. The SMILES string of the molecule is CC(C)=C[C@@H]1C=C(C)[C@H](C)[C@@H](C(=O)O)[C@H]1C(=O)O. The van der Waals surface area contributed by atoms with Crippen molar-refractivity contribution in [3.8, 4) is 0 Å². The van der Waals surface area contributed by atoms with Crippen molar-refractivity contribution in [1.82, 2.24) is 0 Å². The van der Waals surface area contributed by atoms with Gasteiger partial charge in [-0.1, -0.05) is 30.2 Å². The molecule has 0 aromatic carbocycles. The predicted molar refractivity (Wildman–Crippen MR) is 68.1 cm³/mol. The molecular weight excluding hydrogens is 232 g/mol. The maximum atomic E-state index is 11.4. The van der Waals surface area contributed by atoms with E-state index in [1.807, 2.05) is 32.9 Å². The second-order valence-corrected chi connectivity index (χ2v) is 5.25. The number of allylic oxidation sites excluding steroid dienone is 4. The Bertz CT molecular complexity index is 416. The fraction of sp³-hybridized carbons (Fsp3) is 0.571. The van der Waals surface area contributed by atoms with Crippen molar-refractivity contribution in [1.29, 1.82) is 0 Å². The van der Waals surface area contributed by atoms with E-state index in [0.717, 1.165) is 11.1 Å². The maximum Gasteiger partial charge on any atom is 0.308 e. The molecule has 0 aliphatic heterocycles. The highest BCUT2D eigenvalue weighted by Crippen LogP contribution is 2.39. The minimum absolute atomic E-state index is 0.245. The molecule has 1 rings (SSSR count). The third kappa shape index (κ3) is 2.81. The molecule has 2 N–H and O–H groups in total. The Hall–Kier alpha value is -1.58. The molecule has 0 heterocycles. The van der Waals surface area contributed by atoms with E-state index in [2.05, 4.69) is 0 Å². The summed E-state index contributed by atoms with van der Waals surface area (Å²) in [5.74, 6) is -4.42. The van der Waals surface area contributed by atoms with Crippen LogP contribution in [0.25, 0.3) is 0 Å². The topological polar surface area (TPSA) is 74.6 Å². The Balaban J connectivity index is 3.29. The van der Waals surface area contributed by atoms with Gasteiger partial charge in [0.05, 0.1) is 11.8 Å². The van der Waals surface area contributed by atoms with E-state index in [9.17, 15) is 19.8 Å². The van der Waals surface area contributed by atoms with Crippen LogP contribution in [0.15, 0.2) is 23.3 Å². The Morgan fingerprint density at radius 1 is 1.17 bits per heavy atom. The number of carboxylic acids is 2. The molecule has 1 aliphatic carbocycles. The van der Waals surface area contributed by atoms with Crippen molar-refractivity contribution in [2.24, 2.45) is 23.7 Å². The normalized spacial score (nSPS) is 31.4. The summed E-state index contributed by atoms with van der Waals surface area (Å²) in [5, 5.41) is 18.6. The number of carbonyl (C=O) groups is 2. The standard InChI is InChI=1S/C14H20O4/c1-7(2)5-10-6-8(3)9(4)11(13(15)16)12(10)14(17)18/h5-6,9-12H,1-4H3,(H,15,16)(H,17,18)/t9-,10+,11+,12-/m0/s1. The molecule has 1 aliphatic rings. The van der Waals surface area contributed by atoms with Crippen LogP contribution in [0.5, 0.6) is 0 Å². The molecule has 0 aromatic heterocycles. The van der Waals surface area contributed by atoms with Crippen molar-refractivity contribution in [3.05, 3.63) is 23.3 Å². The largest absolute Gasteiger partial charge is 0.481 e. The van der Waals surface area contributed by atoms with Gasteiger partial charge in [-0.15, -0.1) is 0 Å². The summed E-state index contributed by atoms with van der Waals surface area (Å²) in [7, 11) is 0. The monoisotopic (exact) mass is 252 g/mol. The van der Waals surface area contributed by atoms with Crippen molar-refractivity contribution in [3.63, 3.8) is 0 Å². The van der Waals surface area contributed by atoms with Crippen molar-refractivity contribution >= 4 is 11.9 Å². The Kier molecular flexibility index (Phi) is 4.33. The fourth-order valence-corrected chi connectivity index (χ4v) is 2.62. The highest BCUT2D eigenvalue weighted by molar-refractivity contribution is 5.82. The smallest absolute Gasteiger partial charge is 0.308 e. The van der Waals surface area contributed by atoms with Crippen molar-refractivity contribution < 1.29 is 19.8 Å². The van der Waals surface area contributed by atoms with Crippen LogP contribution in [0.3, 0.4) is 0 Å². The third-order valence-electron chi connectivity index (χ3n) is 3.61. The Morgan fingerprint density at radius 2 is 1.67 bits per heavy atom. The van der Waals surface area contributed by atoms with Gasteiger partial charge in [0, 0.05) is 5.92 Å². The highest BCUT2D eigenvalue weighted by atomic mass is 16.4. The Morgan fingerprint density at radius 3 is 2.06 bits per heavy atom. The average molecular weight is 252 g/mol. The van der Waals surface area contributed by atoms with E-state index in [-0.39, 0.29) is 11.8 Å². The first-order valence-electron chi connectivity index (χ1n) is 6.04. The lowest BCUT2D eigenvalue weighted by Gasteiger charge is -2.35. The number of rotatable bonds is 3. The molecule has 4 nitrogen and oxygen atoms in total. The number of carboxylic acid groups (broad SMARTS) is 2. The summed E-state index contributed by atoms with van der Waals surface area (Å²) in [4.78, 5) is 22.7. The molecule has 4 heteroatoms. The minimum atomic E-state index is -1.04. The zero-order chi connectivity index (χ0) is 14.0. The Labute approximate surface area is 107 Å². The summed E-state index contributed by atoms with van der Waals surface area (Å²) in [6.45, 7) is 7.41. The molecule has 0 amide bonds. The van der Waals surface area contributed by atoms with E-state index in [1.54, 1.807) is 6.92 Å². The van der Waals surface area contributed by atoms with Gasteiger partial charge >= 0.3 is 11.9 Å². The van der Waals surface area contributed by atoms with E-state index >= 15 is 0 Å². The van der Waals surface area contributed by atoms with Gasteiger partial charge in [-0.2, -0.15) is 0 Å². The quantitative estimate of drug-likeness (QED) is 0.757. The van der Waals surface area contributed by atoms with Gasteiger partial charge in [-0.25, -0.2) is 0 Å². The predicted octanol–water partition coefficient (Wildman–Crippen LogP) is 2.57. The van der Waals surface area contributed by atoms with Crippen LogP contribution in [0.2, 0.25) is 0 Å². The van der Waals surface area contributed by atoms with Gasteiger partial charge in [-0.3, -0.25) is 9.59 Å². The van der Waals surface area contributed by atoms with E-state index < -0.39 is 23.8 Å². The first-order valence-corrected chi connectivity index (χ1v) is 6.04. The molecule has 0 radical (unpaired) electrons. The summed E-state index contributed by atoms with van der Waals surface area (Å²) in [5.41, 5.74) is 1.94. The van der Waals surface area contributed by atoms with Gasteiger partial charge in [0.2, 0.25) is 0 Å². The second-order valence-electron chi connectivity index (χ2n) is 5.25. The molecule has 0 fully saturated rings. The van der Waals surface area contributed by atoms with Crippen LogP contribution >= 0.6 is 0 Å². The van der Waals surface area contributed by atoms with Crippen molar-refractivity contribution in [2.45, 2.75) is 27.7 Å². The van der Waals surface area contributed by atoms with Gasteiger partial charge < -0.3 is 10.2 Å². The van der Waals surface area contributed by atoms with Crippen LogP contribution in [0.4, 0.5) is 0 Å². The molecule has 0 saturated heterocycles. The molecule has 0 unspecified atom stereocenters. The van der Waals surface area contributed by atoms with Crippen molar-refractivity contribution in [2.75, 3.05) is 0 Å². The summed E-state index contributed by atoms with van der Waals surface area (Å²) in [6.07, 6.45) is 3.72. The lowest BCUT2D eigenvalue weighted by Crippen LogP contribution is -2.41. The second kappa shape index (κ2) is 5.38. The molecule has 0 bridgehead atoms. The van der Waals surface area contributed by atoms with Crippen LogP contribution in [0.1, 0.15) is 27.7 Å². The number of hydrogen-bond donors (Lipinski definition) is 2. The third-order valence-corrected chi connectivity index (χ3v) is 3.61. The van der Waals surface area contributed by atoms with Crippen LogP contribution in [-0.4, -0.2) is 22.2 Å². The molecule has 100 valence electrons. The van der Waals surface area contributed by atoms with E-state index in [0.29, 0.717) is 0 Å². The van der Waals surface area contributed by atoms with Gasteiger partial charge in [-0.05, 0) is 26.7 Å². The lowest BCUT2D eigenvalue weighted by molar-refractivity contribution is -0.157. The zero-order valence-corrected chi connectivity index (χ0v) is 11.2. The maximum absolute atomic E-state index is 11.4. The average Bonchev–Trinajstić information content (AvgIpc) is 2.20. The number of aliphatic carboxylic acids is 2. The first-order chi connectivity index (χ1) is 8.25. The summed E-state index contributed by atoms with van der Waals surface area (Å²) in [6, 6.07) is 0. The lowest BCUT2D eigenvalue weighted by atomic mass is 9.67. The van der Waals surface area contributed by atoms with Gasteiger partial charge in [0.1, 0.15) is 0 Å². The van der Waals surface area contributed by atoms with E-state index in [4.69, 9.17) is 0 Å². The molecule has 4 atom stereocenters. The molecule has 0 spiro atoms. The van der Waals surface area contributed by atoms with Gasteiger partial charge in [0.25, 0.3) is 0 Å². The van der Waals surface area contributed by atoms with Crippen LogP contribution in [-0.2, 0) is 9.59 Å². The molecule has 0 saturated carbocycles.